The summed E-state index contributed by atoms with van der Waals surface area (Å²) >= 11 is -4.90. The maximum absolute atomic E-state index is 8.17. The Balaban J connectivity index is 1.64. The van der Waals surface area contributed by atoms with Gasteiger partial charge in [0.1, 0.15) is 0 Å². The first kappa shape index (κ1) is 23.1. The Bertz CT molecular complexity index is 1440. The van der Waals surface area contributed by atoms with Gasteiger partial charge in [0, 0.05) is 0 Å². The van der Waals surface area contributed by atoms with E-state index in [-0.39, 0.29) is 7.25 Å². The summed E-state index contributed by atoms with van der Waals surface area (Å²) in [7, 11) is 16.3. The van der Waals surface area contributed by atoms with Gasteiger partial charge in [-0.25, -0.2) is 0 Å². The standard InChI is InChI=1S/2C15H11.C2H4.2ClH.Zr/c2*1-2-6-12(7-3-1)15-10-13-8-4-5-9-14(13)11-15;1-2;;;/h2*1-11H;1H,2H3;2*1H;/q;;;;;+2/p-2. The van der Waals surface area contributed by atoms with E-state index in [9.17, 15) is 0 Å². The fourth-order valence-corrected chi connectivity index (χ4v) is 22.5. The van der Waals surface area contributed by atoms with Gasteiger partial charge in [-0.15, -0.1) is 0 Å². The van der Waals surface area contributed by atoms with Crippen LogP contribution in [0.25, 0.3) is 23.3 Å². The van der Waals surface area contributed by atoms with Crippen LogP contribution in [-0.4, -0.2) is 3.71 Å². The van der Waals surface area contributed by atoms with Crippen LogP contribution in [0.1, 0.15) is 47.6 Å². The predicted octanol–water partition coefficient (Wildman–Crippen LogP) is 9.40. The van der Waals surface area contributed by atoms with Crippen molar-refractivity contribution in [3.05, 3.63) is 143 Å². The van der Waals surface area contributed by atoms with E-state index in [2.05, 4.69) is 132 Å². The number of halogens is 2. The van der Waals surface area contributed by atoms with Crippen molar-refractivity contribution in [1.82, 2.24) is 0 Å². The van der Waals surface area contributed by atoms with Crippen LogP contribution in [0.15, 0.2) is 109 Å². The molecule has 172 valence electrons. The van der Waals surface area contributed by atoms with E-state index in [0.29, 0.717) is 0 Å². The van der Waals surface area contributed by atoms with E-state index < -0.39 is 15.9 Å². The summed E-state index contributed by atoms with van der Waals surface area (Å²) in [5.74, 6) is 0. The molecule has 0 fully saturated rings. The Morgan fingerprint density at radius 3 is 1.31 bits per heavy atom. The molecule has 0 saturated carbocycles. The van der Waals surface area contributed by atoms with E-state index in [4.69, 9.17) is 17.0 Å². The first-order valence-electron chi connectivity index (χ1n) is 12.1. The summed E-state index contributed by atoms with van der Waals surface area (Å²) in [5, 5.41) is 0. The molecule has 35 heavy (non-hydrogen) atoms. The summed E-state index contributed by atoms with van der Waals surface area (Å²) in [5.41, 5.74) is 9.78. The number of allylic oxidation sites excluding steroid dienone is 2. The Kier molecular flexibility index (Phi) is 5.72. The molecule has 3 heteroatoms. The zero-order valence-corrected chi connectivity index (χ0v) is 23.5. The summed E-state index contributed by atoms with van der Waals surface area (Å²) in [6.07, 6.45) is 4.62. The van der Waals surface area contributed by atoms with Crippen LogP contribution in [0, 0.1) is 0 Å². The average molecular weight is 573 g/mol. The molecule has 0 N–H and O–H groups in total. The molecule has 0 nitrogen and oxygen atoms in total. The monoisotopic (exact) mass is 570 g/mol. The van der Waals surface area contributed by atoms with Gasteiger partial charge in [0.05, 0.1) is 0 Å². The minimum absolute atomic E-state index is 0.0494. The molecule has 2 unspecified atom stereocenters. The molecule has 4 aromatic carbocycles. The zero-order chi connectivity index (χ0) is 24.1. The van der Waals surface area contributed by atoms with Crippen LogP contribution >= 0.6 is 17.0 Å². The van der Waals surface area contributed by atoms with Gasteiger partial charge in [0.15, 0.2) is 0 Å². The molecule has 0 aliphatic heterocycles. The van der Waals surface area contributed by atoms with Crippen molar-refractivity contribution in [2.75, 3.05) is 0 Å². The first-order chi connectivity index (χ1) is 17.0. The molecule has 0 radical (unpaired) electrons. The number of fused-ring (bicyclic) bond motifs is 2. The van der Waals surface area contributed by atoms with Gasteiger partial charge in [-0.2, -0.15) is 0 Å². The average Bonchev–Trinajstić information content (AvgIpc) is 3.51. The minimum atomic E-state index is -4.90. The van der Waals surface area contributed by atoms with E-state index in [1.54, 1.807) is 0 Å². The Hall–Kier alpha value is -2.31. The molecule has 2 aliphatic carbocycles. The molecule has 0 heterocycles. The van der Waals surface area contributed by atoms with Crippen LogP contribution in [0.2, 0.25) is 0 Å². The van der Waals surface area contributed by atoms with E-state index in [1.807, 2.05) is 0 Å². The molecule has 0 aromatic heterocycles. The van der Waals surface area contributed by atoms with Crippen molar-refractivity contribution < 1.29 is 15.9 Å². The molecule has 4 aromatic rings. The number of benzene rings is 4. The van der Waals surface area contributed by atoms with Gasteiger partial charge in [0.2, 0.25) is 0 Å². The van der Waals surface area contributed by atoms with Crippen LogP contribution < -0.4 is 0 Å². The molecular weight excluding hydrogens is 546 g/mol. The Morgan fingerprint density at radius 1 is 0.543 bits per heavy atom. The molecule has 0 bridgehead atoms. The number of hydrogen-bond donors (Lipinski definition) is 0. The normalized spacial score (nSPS) is 19.0. The summed E-state index contributed by atoms with van der Waals surface area (Å²) < 4.78 is 2.13. The molecule has 2 aliphatic rings. The van der Waals surface area contributed by atoms with Gasteiger partial charge in [-0.1, -0.05) is 0 Å². The fourth-order valence-electron chi connectivity index (χ4n) is 6.10. The third-order valence-electron chi connectivity index (χ3n) is 7.73. The topological polar surface area (TPSA) is 0 Å². The first-order valence-corrected chi connectivity index (χ1v) is 22.7. The Labute approximate surface area is 215 Å². The SMILES string of the molecule is C[CH]=[Zr]([Cl])([Cl])([CH]1C(c2ccccc2)=Cc2ccccc21)[CH]1C(c2ccccc2)=Cc2ccccc21. The molecule has 0 amide bonds. The van der Waals surface area contributed by atoms with Gasteiger partial charge < -0.3 is 0 Å². The summed E-state index contributed by atoms with van der Waals surface area (Å²) in [6, 6.07) is 38.5. The van der Waals surface area contributed by atoms with Gasteiger partial charge in [-0.3, -0.25) is 0 Å². The van der Waals surface area contributed by atoms with Crippen molar-refractivity contribution in [3.63, 3.8) is 0 Å². The summed E-state index contributed by atoms with van der Waals surface area (Å²) in [4.78, 5) is 0. The second kappa shape index (κ2) is 8.67. The predicted molar refractivity (Wildman–Crippen MR) is 150 cm³/mol. The molecule has 6 rings (SSSR count). The van der Waals surface area contributed by atoms with Crippen molar-refractivity contribution in [2.24, 2.45) is 0 Å². The van der Waals surface area contributed by atoms with Crippen LogP contribution in [-0.2, 0) is 15.9 Å². The molecular formula is C32H26Cl2Zr. The van der Waals surface area contributed by atoms with Crippen molar-refractivity contribution in [2.45, 2.75) is 14.2 Å². The van der Waals surface area contributed by atoms with Crippen molar-refractivity contribution in [3.8, 4) is 0 Å². The Morgan fingerprint density at radius 2 is 0.914 bits per heavy atom. The van der Waals surface area contributed by atoms with Crippen LogP contribution in [0.3, 0.4) is 0 Å². The summed E-state index contributed by atoms with van der Waals surface area (Å²) in [6.45, 7) is 2.10. The van der Waals surface area contributed by atoms with Crippen molar-refractivity contribution in [1.29, 1.82) is 0 Å². The van der Waals surface area contributed by atoms with E-state index in [0.717, 1.165) is 0 Å². The van der Waals surface area contributed by atoms with Crippen molar-refractivity contribution >= 4 is 44.0 Å². The second-order valence-electron chi connectivity index (χ2n) is 9.57. The number of rotatable bonds is 4. The van der Waals surface area contributed by atoms with E-state index >= 15 is 0 Å². The number of hydrogen-bond acceptors (Lipinski definition) is 0. The zero-order valence-electron chi connectivity index (χ0n) is 19.5. The van der Waals surface area contributed by atoms with Gasteiger partial charge in [-0.05, 0) is 0 Å². The van der Waals surface area contributed by atoms with E-state index in [1.165, 1.54) is 44.5 Å². The van der Waals surface area contributed by atoms with Crippen LogP contribution in [0.5, 0.6) is 0 Å². The van der Waals surface area contributed by atoms with Gasteiger partial charge >= 0.3 is 217 Å². The molecule has 0 spiro atoms. The fraction of sp³-hybridized carbons (Fsp3) is 0.0938. The maximum atomic E-state index is 8.17. The molecule has 0 saturated heterocycles. The third-order valence-corrected chi connectivity index (χ3v) is 26.7. The second-order valence-corrected chi connectivity index (χ2v) is 31.0. The third kappa shape index (κ3) is 3.63. The quantitative estimate of drug-likeness (QED) is 0.229. The van der Waals surface area contributed by atoms with Crippen LogP contribution in [0.4, 0.5) is 0 Å². The van der Waals surface area contributed by atoms with Gasteiger partial charge in [0.25, 0.3) is 0 Å². The molecule has 2 atom stereocenters.